The van der Waals surface area contributed by atoms with Crippen LogP contribution < -0.4 is 0 Å². The van der Waals surface area contributed by atoms with Gasteiger partial charge in [0.25, 0.3) is 0 Å². The number of hydrogen-bond acceptors (Lipinski definition) is 2. The van der Waals surface area contributed by atoms with Gasteiger partial charge in [0, 0.05) is 18.4 Å². The van der Waals surface area contributed by atoms with Crippen LogP contribution in [0.15, 0.2) is 22.9 Å². The van der Waals surface area contributed by atoms with Gasteiger partial charge in [-0.2, -0.15) is 10.2 Å². The summed E-state index contributed by atoms with van der Waals surface area (Å²) < 4.78 is 5.91. The molecule has 2 aromatic heterocycles. The maximum absolute atomic E-state index is 4.55. The van der Waals surface area contributed by atoms with Crippen LogP contribution in [0.2, 0.25) is 0 Å². The summed E-state index contributed by atoms with van der Waals surface area (Å²) in [5, 5.41) is 8.94. The van der Waals surface area contributed by atoms with E-state index in [9.17, 15) is 0 Å². The zero-order valence-corrected chi connectivity index (χ0v) is 13.5. The van der Waals surface area contributed by atoms with Crippen LogP contribution in [0.4, 0.5) is 0 Å². The summed E-state index contributed by atoms with van der Waals surface area (Å²) >= 11 is 5.66. The van der Waals surface area contributed by atoms with Crippen LogP contribution in [-0.2, 0) is 6.54 Å². The van der Waals surface area contributed by atoms with Crippen LogP contribution >= 0.6 is 38.5 Å². The predicted octanol–water partition coefficient (Wildman–Crippen LogP) is 3.47. The molecule has 1 atom stereocenters. The first kappa shape index (κ1) is 13.1. The largest absolute Gasteiger partial charge is 0.270 e. The van der Waals surface area contributed by atoms with E-state index in [1.807, 2.05) is 21.8 Å². The highest BCUT2D eigenvalue weighted by molar-refractivity contribution is 14.1. The zero-order chi connectivity index (χ0) is 12.4. The molecule has 4 nitrogen and oxygen atoms in total. The molecule has 1 unspecified atom stereocenters. The monoisotopic (exact) mass is 408 g/mol. The van der Waals surface area contributed by atoms with Crippen molar-refractivity contribution in [2.45, 2.75) is 32.9 Å². The predicted molar refractivity (Wildman–Crippen MR) is 79.0 cm³/mol. The molecule has 0 spiro atoms. The van der Waals surface area contributed by atoms with Crippen LogP contribution in [0.25, 0.3) is 0 Å². The second kappa shape index (κ2) is 5.51. The maximum Gasteiger partial charge on any atom is 0.137 e. The van der Waals surface area contributed by atoms with Crippen LogP contribution in [0.5, 0.6) is 0 Å². The quantitative estimate of drug-likeness (QED) is 0.726. The molecule has 2 heterocycles. The van der Waals surface area contributed by atoms with Crippen molar-refractivity contribution in [1.29, 1.82) is 0 Å². The third kappa shape index (κ3) is 3.09. The highest BCUT2D eigenvalue weighted by Gasteiger charge is 2.07. The summed E-state index contributed by atoms with van der Waals surface area (Å²) in [5.41, 5.74) is 1.04. The van der Waals surface area contributed by atoms with Gasteiger partial charge < -0.3 is 0 Å². The first-order valence-corrected chi connectivity index (χ1v) is 7.39. The van der Waals surface area contributed by atoms with Crippen molar-refractivity contribution in [2.75, 3.05) is 0 Å². The molecule has 0 bridgehead atoms. The Hall–Kier alpha value is -0.370. The van der Waals surface area contributed by atoms with Gasteiger partial charge in [0.2, 0.25) is 0 Å². The summed E-state index contributed by atoms with van der Waals surface area (Å²) in [5.74, 6) is 0. The second-order valence-electron chi connectivity index (χ2n) is 4.01. The van der Waals surface area contributed by atoms with Gasteiger partial charge in [-0.3, -0.25) is 9.36 Å². The SMILES string of the molecule is CCC(C)n1ccc(Cn2cc(Br)c(I)n2)n1. The molecular formula is C11H14BrIN4. The molecule has 0 saturated heterocycles. The van der Waals surface area contributed by atoms with E-state index in [-0.39, 0.29) is 0 Å². The lowest BCUT2D eigenvalue weighted by Gasteiger charge is -2.08. The Bertz CT molecular complexity index is 486. The Kier molecular flexibility index (Phi) is 4.24. The van der Waals surface area contributed by atoms with Gasteiger partial charge in [-0.15, -0.1) is 0 Å². The Balaban J connectivity index is 2.11. The summed E-state index contributed by atoms with van der Waals surface area (Å²) in [6, 6.07) is 2.50. The van der Waals surface area contributed by atoms with Gasteiger partial charge in [-0.05, 0) is 57.9 Å². The third-order valence-corrected chi connectivity index (χ3v) is 4.82. The van der Waals surface area contributed by atoms with E-state index in [0.29, 0.717) is 12.6 Å². The first-order chi connectivity index (χ1) is 8.10. The summed E-state index contributed by atoms with van der Waals surface area (Å²) in [7, 11) is 0. The van der Waals surface area contributed by atoms with Gasteiger partial charge >= 0.3 is 0 Å². The summed E-state index contributed by atoms with van der Waals surface area (Å²) in [6.07, 6.45) is 5.10. The van der Waals surface area contributed by atoms with Gasteiger partial charge in [0.05, 0.1) is 16.7 Å². The van der Waals surface area contributed by atoms with Crippen molar-refractivity contribution in [3.05, 3.63) is 32.3 Å². The number of halogens is 2. The molecule has 17 heavy (non-hydrogen) atoms. The van der Waals surface area contributed by atoms with Gasteiger partial charge in [0.15, 0.2) is 0 Å². The minimum absolute atomic E-state index is 0.452. The topological polar surface area (TPSA) is 35.6 Å². The fourth-order valence-electron chi connectivity index (χ4n) is 1.51. The number of nitrogens with zero attached hydrogens (tertiary/aromatic N) is 4. The lowest BCUT2D eigenvalue weighted by Crippen LogP contribution is -2.06. The molecular weight excluding hydrogens is 395 g/mol. The van der Waals surface area contributed by atoms with Gasteiger partial charge in [0.1, 0.15) is 3.70 Å². The normalized spacial score (nSPS) is 12.9. The van der Waals surface area contributed by atoms with Gasteiger partial charge in [-0.25, -0.2) is 0 Å². The highest BCUT2D eigenvalue weighted by atomic mass is 127. The average Bonchev–Trinajstić information content (AvgIpc) is 2.87. The molecule has 0 amide bonds. The van der Waals surface area contributed by atoms with E-state index in [4.69, 9.17) is 0 Å². The maximum atomic E-state index is 4.55. The van der Waals surface area contributed by atoms with E-state index in [1.54, 1.807) is 0 Å². The minimum atomic E-state index is 0.452. The van der Waals surface area contributed by atoms with Crippen molar-refractivity contribution in [2.24, 2.45) is 0 Å². The van der Waals surface area contributed by atoms with Crippen molar-refractivity contribution in [3.63, 3.8) is 0 Å². The Labute approximate surface area is 123 Å². The highest BCUT2D eigenvalue weighted by Crippen LogP contribution is 2.17. The fourth-order valence-corrected chi connectivity index (χ4v) is 2.25. The van der Waals surface area contributed by atoms with Crippen LogP contribution in [0, 0.1) is 3.70 Å². The molecule has 0 aliphatic rings. The lowest BCUT2D eigenvalue weighted by molar-refractivity contribution is 0.471. The van der Waals surface area contributed by atoms with E-state index in [2.05, 4.69) is 68.6 Å². The van der Waals surface area contributed by atoms with E-state index >= 15 is 0 Å². The number of hydrogen-bond donors (Lipinski definition) is 0. The molecule has 6 heteroatoms. The standard InChI is InChI=1S/C11H14BrIN4/c1-3-8(2)17-5-4-9(14-17)6-16-7-10(12)11(13)15-16/h4-5,7-8H,3,6H2,1-2H3. The minimum Gasteiger partial charge on any atom is -0.270 e. The molecule has 0 saturated carbocycles. The second-order valence-corrected chi connectivity index (χ2v) is 5.89. The molecule has 2 rings (SSSR count). The van der Waals surface area contributed by atoms with Crippen LogP contribution in [0.3, 0.4) is 0 Å². The summed E-state index contributed by atoms with van der Waals surface area (Å²) in [6.45, 7) is 5.05. The molecule has 0 aromatic carbocycles. The average molecular weight is 409 g/mol. The number of aromatic nitrogens is 4. The van der Waals surface area contributed by atoms with E-state index in [1.165, 1.54) is 0 Å². The van der Waals surface area contributed by atoms with Crippen LogP contribution in [0.1, 0.15) is 32.0 Å². The first-order valence-electron chi connectivity index (χ1n) is 5.52. The number of rotatable bonds is 4. The zero-order valence-electron chi connectivity index (χ0n) is 9.77. The smallest absolute Gasteiger partial charge is 0.137 e. The molecule has 2 aromatic rings. The van der Waals surface area contributed by atoms with E-state index < -0.39 is 0 Å². The third-order valence-electron chi connectivity index (χ3n) is 2.71. The summed E-state index contributed by atoms with van der Waals surface area (Å²) in [4.78, 5) is 0. The Morgan fingerprint density at radius 1 is 1.47 bits per heavy atom. The lowest BCUT2D eigenvalue weighted by atomic mass is 10.3. The molecule has 0 N–H and O–H groups in total. The van der Waals surface area contributed by atoms with Crippen molar-refractivity contribution < 1.29 is 0 Å². The Morgan fingerprint density at radius 3 is 2.82 bits per heavy atom. The molecule has 0 aliphatic carbocycles. The fraction of sp³-hybridized carbons (Fsp3) is 0.455. The van der Waals surface area contributed by atoms with E-state index in [0.717, 1.165) is 20.3 Å². The van der Waals surface area contributed by atoms with Crippen molar-refractivity contribution in [3.8, 4) is 0 Å². The molecule has 0 aliphatic heterocycles. The Morgan fingerprint density at radius 2 is 2.24 bits per heavy atom. The molecule has 0 radical (unpaired) electrons. The van der Waals surface area contributed by atoms with Crippen molar-refractivity contribution >= 4 is 38.5 Å². The van der Waals surface area contributed by atoms with Gasteiger partial charge in [-0.1, -0.05) is 6.92 Å². The van der Waals surface area contributed by atoms with Crippen LogP contribution in [-0.4, -0.2) is 19.6 Å². The molecule has 92 valence electrons. The molecule has 0 fully saturated rings. The van der Waals surface area contributed by atoms with Crippen molar-refractivity contribution in [1.82, 2.24) is 19.6 Å².